The quantitative estimate of drug-likeness (QED) is 0.186. The van der Waals surface area contributed by atoms with Crippen LogP contribution in [0.25, 0.3) is 32.6 Å². The monoisotopic (exact) mass is 627 g/mol. The van der Waals surface area contributed by atoms with Crippen molar-refractivity contribution in [3.8, 4) is 22.5 Å². The summed E-state index contributed by atoms with van der Waals surface area (Å²) in [6.07, 6.45) is 1.87. The van der Waals surface area contributed by atoms with Crippen LogP contribution in [0.2, 0.25) is 0 Å². The summed E-state index contributed by atoms with van der Waals surface area (Å²) in [4.78, 5) is 8.93. The molecule has 169 valence electrons. The molecule has 1 radical (unpaired) electrons. The van der Waals surface area contributed by atoms with E-state index in [9.17, 15) is 0 Å². The van der Waals surface area contributed by atoms with E-state index in [0.717, 1.165) is 28.2 Å². The summed E-state index contributed by atoms with van der Waals surface area (Å²) in [6.45, 7) is 8.64. The van der Waals surface area contributed by atoms with Gasteiger partial charge in [0.05, 0.1) is 0 Å². The fourth-order valence-electron chi connectivity index (χ4n) is 3.39. The van der Waals surface area contributed by atoms with Crippen LogP contribution in [0.1, 0.15) is 32.0 Å². The second-order valence-electron chi connectivity index (χ2n) is 8.67. The molecule has 0 saturated carbocycles. The van der Waals surface area contributed by atoms with E-state index in [-0.39, 0.29) is 25.5 Å². The normalized spacial score (nSPS) is 10.8. The van der Waals surface area contributed by atoms with Crippen molar-refractivity contribution in [1.29, 1.82) is 0 Å². The van der Waals surface area contributed by atoms with Gasteiger partial charge < -0.3 is 9.97 Å². The molecule has 2 aromatic carbocycles. The van der Waals surface area contributed by atoms with Gasteiger partial charge in [-0.15, -0.1) is 82.6 Å². The molecule has 0 aliphatic rings. The molecule has 4 heteroatoms. The van der Waals surface area contributed by atoms with Crippen LogP contribution in [0.15, 0.2) is 84.4 Å². The first-order valence-electron chi connectivity index (χ1n) is 10.7. The number of pyridine rings is 2. The molecule has 0 bridgehead atoms. The van der Waals surface area contributed by atoms with Crippen molar-refractivity contribution in [2.24, 2.45) is 0 Å². The zero-order chi connectivity index (χ0) is 22.6. The van der Waals surface area contributed by atoms with E-state index in [2.05, 4.69) is 78.6 Å². The predicted molar refractivity (Wildman–Crippen MR) is 136 cm³/mol. The Morgan fingerprint density at radius 1 is 0.848 bits per heavy atom. The van der Waals surface area contributed by atoms with Crippen molar-refractivity contribution in [3.63, 3.8) is 0 Å². The minimum atomic E-state index is 0. The molecule has 0 saturated heterocycles. The summed E-state index contributed by atoms with van der Waals surface area (Å²) < 4.78 is 1.28. The number of hydrogen-bond donors (Lipinski definition) is 0. The average Bonchev–Trinajstić information content (AvgIpc) is 3.29. The van der Waals surface area contributed by atoms with Crippen LogP contribution in [0.4, 0.5) is 0 Å². The number of aryl methyl sites for hydroxylation is 1. The third kappa shape index (κ3) is 6.23. The van der Waals surface area contributed by atoms with E-state index in [1.807, 2.05) is 55.6 Å². The third-order valence-corrected chi connectivity index (χ3v) is 6.07. The van der Waals surface area contributed by atoms with Crippen molar-refractivity contribution in [3.05, 3.63) is 108 Å². The molecule has 0 aliphatic carbocycles. The van der Waals surface area contributed by atoms with Crippen LogP contribution in [0.5, 0.6) is 0 Å². The van der Waals surface area contributed by atoms with Gasteiger partial charge >= 0.3 is 0 Å². The average molecular weight is 627 g/mol. The number of rotatable bonds is 2. The summed E-state index contributed by atoms with van der Waals surface area (Å²) >= 11 is 1.75. The van der Waals surface area contributed by atoms with E-state index >= 15 is 0 Å². The summed E-state index contributed by atoms with van der Waals surface area (Å²) in [5, 5.41) is 3.33. The summed E-state index contributed by atoms with van der Waals surface area (Å²) in [6, 6.07) is 31.0. The largest absolute Gasteiger partial charge is 0.304 e. The number of nitrogens with zero attached hydrogens (tertiary/aromatic N) is 2. The van der Waals surface area contributed by atoms with Crippen molar-refractivity contribution in [2.75, 3.05) is 0 Å². The molecule has 3 heterocycles. The first-order chi connectivity index (χ1) is 15.4. The van der Waals surface area contributed by atoms with Crippen molar-refractivity contribution in [2.45, 2.75) is 33.1 Å². The van der Waals surface area contributed by atoms with E-state index < -0.39 is 0 Å². The maximum absolute atomic E-state index is 4.52. The summed E-state index contributed by atoms with van der Waals surface area (Å²) in [5.41, 5.74) is 6.63. The first-order valence-corrected chi connectivity index (χ1v) is 11.6. The Morgan fingerprint density at radius 2 is 1.70 bits per heavy atom. The molecule has 5 aromatic rings. The maximum Gasteiger partial charge on any atom is 0.0286 e. The van der Waals surface area contributed by atoms with Crippen molar-refractivity contribution in [1.82, 2.24) is 9.97 Å². The van der Waals surface area contributed by atoms with E-state index in [1.54, 1.807) is 11.3 Å². The Bertz CT molecular complexity index is 1300. The second-order valence-corrected chi connectivity index (χ2v) is 9.62. The number of hydrogen-bond acceptors (Lipinski definition) is 3. The van der Waals surface area contributed by atoms with Crippen molar-refractivity contribution >= 4 is 21.4 Å². The van der Waals surface area contributed by atoms with Gasteiger partial charge in [0.2, 0.25) is 0 Å². The Hall–Kier alpha value is -2.65. The fraction of sp³-hybridized carbons (Fsp3) is 0.172. The van der Waals surface area contributed by atoms with Crippen LogP contribution in [-0.2, 0) is 25.5 Å². The second kappa shape index (κ2) is 11.0. The minimum Gasteiger partial charge on any atom is -0.304 e. The summed E-state index contributed by atoms with van der Waals surface area (Å²) in [5.74, 6) is 0. The number of thiophene rings is 1. The van der Waals surface area contributed by atoms with Gasteiger partial charge in [0.25, 0.3) is 0 Å². The Morgan fingerprint density at radius 3 is 2.36 bits per heavy atom. The molecule has 0 aliphatic heterocycles. The van der Waals surface area contributed by atoms with Gasteiger partial charge in [0.15, 0.2) is 0 Å². The van der Waals surface area contributed by atoms with E-state index in [4.69, 9.17) is 0 Å². The minimum absolute atomic E-state index is 0. The first kappa shape index (κ1) is 25.0. The molecule has 3 aromatic heterocycles. The zero-order valence-corrected chi connectivity index (χ0v) is 22.4. The Balaban J connectivity index is 0.000000192. The number of benzene rings is 2. The third-order valence-electron chi connectivity index (χ3n) is 5.19. The van der Waals surface area contributed by atoms with Crippen LogP contribution in [0.3, 0.4) is 0 Å². The Kier molecular flexibility index (Phi) is 8.31. The van der Waals surface area contributed by atoms with Crippen molar-refractivity contribution < 1.29 is 20.1 Å². The number of aromatic nitrogens is 2. The molecular formula is C29H26IrN2S-2. The van der Waals surface area contributed by atoms with Gasteiger partial charge in [-0.1, -0.05) is 39.0 Å². The molecule has 0 amide bonds. The molecule has 0 spiro atoms. The van der Waals surface area contributed by atoms with Crippen LogP contribution < -0.4 is 0 Å². The van der Waals surface area contributed by atoms with Gasteiger partial charge in [0.1, 0.15) is 0 Å². The standard InChI is InChI=1S/C17H16NS.C12H10N.Ir/c1-17(2,3)13-6-4-12(5-7-13)16-14-9-11-19-15(14)8-10-18-16;1-10-6-5-9-12(13-10)11-7-3-2-4-8-11;/h4,6-11H,1-3H3;2-7,9H,1H3;/q2*-1;. The molecule has 2 nitrogen and oxygen atoms in total. The molecule has 5 rings (SSSR count). The molecular weight excluding hydrogens is 601 g/mol. The van der Waals surface area contributed by atoms with Crippen LogP contribution >= 0.6 is 11.3 Å². The summed E-state index contributed by atoms with van der Waals surface area (Å²) in [7, 11) is 0. The van der Waals surface area contributed by atoms with Gasteiger partial charge in [-0.2, -0.15) is 0 Å². The van der Waals surface area contributed by atoms with Gasteiger partial charge in [-0.05, 0) is 46.6 Å². The zero-order valence-electron chi connectivity index (χ0n) is 19.2. The van der Waals surface area contributed by atoms with E-state index in [0.29, 0.717) is 0 Å². The number of fused-ring (bicyclic) bond motifs is 1. The molecule has 0 fully saturated rings. The Labute approximate surface area is 214 Å². The molecule has 0 unspecified atom stereocenters. The van der Waals surface area contributed by atoms with Crippen LogP contribution in [-0.4, -0.2) is 9.97 Å². The molecule has 33 heavy (non-hydrogen) atoms. The van der Waals surface area contributed by atoms with Gasteiger partial charge in [0, 0.05) is 36.7 Å². The van der Waals surface area contributed by atoms with E-state index in [1.165, 1.54) is 15.6 Å². The fourth-order valence-corrected chi connectivity index (χ4v) is 4.18. The molecule has 0 N–H and O–H groups in total. The smallest absolute Gasteiger partial charge is 0.0286 e. The predicted octanol–water partition coefficient (Wildman–Crippen LogP) is 7.92. The van der Waals surface area contributed by atoms with Gasteiger partial charge in [-0.3, -0.25) is 0 Å². The molecule has 0 atom stereocenters. The SMILES string of the molecule is CC(C)(C)c1c[c-]c(-c2nccc3sccc23)cc1.Cc1cccc(-c2[c-]cccc2)n1.[Ir]. The van der Waals surface area contributed by atoms with Crippen LogP contribution in [0, 0.1) is 19.1 Å². The van der Waals surface area contributed by atoms with Gasteiger partial charge in [-0.25, -0.2) is 0 Å². The topological polar surface area (TPSA) is 25.8 Å². The maximum atomic E-state index is 4.52.